The van der Waals surface area contributed by atoms with Crippen LogP contribution in [0, 0.1) is 5.92 Å². The van der Waals surface area contributed by atoms with Crippen molar-refractivity contribution in [3.8, 4) is 0 Å². The number of nitrogens with zero attached hydrogens (tertiary/aromatic N) is 3. The van der Waals surface area contributed by atoms with Gasteiger partial charge in [-0.15, -0.1) is 0 Å². The van der Waals surface area contributed by atoms with Gasteiger partial charge in [0.2, 0.25) is 5.91 Å². The Bertz CT molecular complexity index is 615. The average Bonchev–Trinajstić information content (AvgIpc) is 2.69. The molecule has 26 heavy (non-hydrogen) atoms. The summed E-state index contributed by atoms with van der Waals surface area (Å²) in [5.74, 6) is 0.0453. The predicted molar refractivity (Wildman–Crippen MR) is 93.8 cm³/mol. The first-order chi connectivity index (χ1) is 12.1. The van der Waals surface area contributed by atoms with Gasteiger partial charge in [-0.3, -0.25) is 9.48 Å². The molecule has 5 nitrogen and oxygen atoms in total. The summed E-state index contributed by atoms with van der Waals surface area (Å²) in [7, 11) is 3.89. The van der Waals surface area contributed by atoms with E-state index >= 15 is 0 Å². The fraction of sp³-hybridized carbons (Fsp3) is 0.778. The zero-order valence-electron chi connectivity index (χ0n) is 16.0. The maximum atomic E-state index is 13.3. The van der Waals surface area contributed by atoms with Crippen LogP contribution in [0.1, 0.15) is 50.1 Å². The second kappa shape index (κ2) is 8.41. The highest BCUT2D eigenvalue weighted by Crippen LogP contribution is 2.35. The number of fused-ring (bicyclic) bond motifs is 1. The monoisotopic (exact) mass is 374 g/mol. The minimum Gasteiger partial charge on any atom is -0.353 e. The van der Waals surface area contributed by atoms with Crippen LogP contribution in [0.25, 0.3) is 0 Å². The first-order valence-corrected chi connectivity index (χ1v) is 9.20. The Morgan fingerprint density at radius 1 is 1.23 bits per heavy atom. The van der Waals surface area contributed by atoms with Crippen LogP contribution < -0.4 is 5.32 Å². The van der Waals surface area contributed by atoms with E-state index in [4.69, 9.17) is 0 Å². The summed E-state index contributed by atoms with van der Waals surface area (Å²) >= 11 is 0. The number of alkyl halides is 3. The summed E-state index contributed by atoms with van der Waals surface area (Å²) in [6, 6.07) is 0.166. The first kappa shape index (κ1) is 20.7. The normalized spacial score (nSPS) is 16.5. The van der Waals surface area contributed by atoms with Gasteiger partial charge in [-0.05, 0) is 45.7 Å². The van der Waals surface area contributed by atoms with Crippen molar-refractivity contribution in [3.05, 3.63) is 17.0 Å². The molecule has 1 aliphatic rings. The number of likely N-dealkylation sites (N-methyl/N-ethyl adjacent to an activating group) is 1. The van der Waals surface area contributed by atoms with Crippen molar-refractivity contribution in [2.24, 2.45) is 5.92 Å². The van der Waals surface area contributed by atoms with Gasteiger partial charge >= 0.3 is 6.18 Å². The first-order valence-electron chi connectivity index (χ1n) is 9.20. The van der Waals surface area contributed by atoms with Crippen molar-refractivity contribution in [1.82, 2.24) is 20.0 Å². The molecule has 0 saturated heterocycles. The highest BCUT2D eigenvalue weighted by molar-refractivity contribution is 5.75. The van der Waals surface area contributed by atoms with Crippen LogP contribution in [-0.2, 0) is 30.4 Å². The smallest absolute Gasteiger partial charge is 0.353 e. The van der Waals surface area contributed by atoms with Crippen molar-refractivity contribution in [2.45, 2.75) is 64.7 Å². The van der Waals surface area contributed by atoms with Crippen molar-refractivity contribution in [3.63, 3.8) is 0 Å². The van der Waals surface area contributed by atoms with E-state index in [-0.39, 0.29) is 24.1 Å². The van der Waals surface area contributed by atoms with E-state index in [1.54, 1.807) is 0 Å². The van der Waals surface area contributed by atoms with Crippen LogP contribution in [-0.4, -0.2) is 47.3 Å². The van der Waals surface area contributed by atoms with E-state index in [1.165, 1.54) is 4.68 Å². The maximum Gasteiger partial charge on any atom is 0.435 e. The summed E-state index contributed by atoms with van der Waals surface area (Å²) < 4.78 is 41.2. The molecule has 1 heterocycles. The number of hydrogen-bond acceptors (Lipinski definition) is 3. The second-order valence-corrected chi connectivity index (χ2v) is 7.57. The van der Waals surface area contributed by atoms with Crippen molar-refractivity contribution >= 4 is 5.91 Å². The Balaban J connectivity index is 2.13. The molecule has 1 aliphatic carbocycles. The number of aromatic nitrogens is 2. The van der Waals surface area contributed by atoms with Gasteiger partial charge in [-0.1, -0.05) is 20.3 Å². The van der Waals surface area contributed by atoms with Crippen LogP contribution in [0.4, 0.5) is 13.2 Å². The van der Waals surface area contributed by atoms with Crippen LogP contribution in [0.5, 0.6) is 0 Å². The molecule has 1 aromatic heterocycles. The molecule has 0 aliphatic heterocycles. The van der Waals surface area contributed by atoms with Crippen LogP contribution in [0.15, 0.2) is 0 Å². The SMILES string of the molecule is CC(C)[C@@H](CNC(=O)Cn1nc(C(F)(F)F)c2c1CCCCC2)N(C)C. The lowest BCUT2D eigenvalue weighted by molar-refractivity contribution is -0.142. The van der Waals surface area contributed by atoms with Gasteiger partial charge in [-0.25, -0.2) is 0 Å². The molecule has 0 unspecified atom stereocenters. The lowest BCUT2D eigenvalue weighted by atomic mass is 10.0. The molecular weight excluding hydrogens is 345 g/mol. The third kappa shape index (κ3) is 4.99. The summed E-state index contributed by atoms with van der Waals surface area (Å²) in [6.45, 7) is 4.43. The molecule has 1 atom stereocenters. The molecule has 0 fully saturated rings. The van der Waals surface area contributed by atoms with E-state index in [0.29, 0.717) is 31.0 Å². The molecule has 8 heteroatoms. The van der Waals surface area contributed by atoms with Crippen LogP contribution >= 0.6 is 0 Å². The fourth-order valence-electron chi connectivity index (χ4n) is 3.63. The minimum absolute atomic E-state index is 0.166. The van der Waals surface area contributed by atoms with E-state index < -0.39 is 11.9 Å². The van der Waals surface area contributed by atoms with Gasteiger partial charge in [-0.2, -0.15) is 18.3 Å². The zero-order chi connectivity index (χ0) is 19.5. The van der Waals surface area contributed by atoms with Gasteiger partial charge in [0.1, 0.15) is 6.54 Å². The third-order valence-electron chi connectivity index (χ3n) is 5.01. The van der Waals surface area contributed by atoms with Gasteiger partial charge in [0, 0.05) is 23.8 Å². The molecule has 0 saturated carbocycles. The summed E-state index contributed by atoms with van der Waals surface area (Å²) in [5.41, 5.74) is 0.0182. The molecule has 0 bridgehead atoms. The highest BCUT2D eigenvalue weighted by atomic mass is 19.4. The Morgan fingerprint density at radius 3 is 2.46 bits per heavy atom. The van der Waals surface area contributed by atoms with E-state index in [1.807, 2.05) is 19.0 Å². The molecule has 1 amide bonds. The highest BCUT2D eigenvalue weighted by Gasteiger charge is 2.39. The number of carbonyl (C=O) groups is 1. The second-order valence-electron chi connectivity index (χ2n) is 7.57. The topological polar surface area (TPSA) is 50.2 Å². The zero-order valence-corrected chi connectivity index (χ0v) is 16.0. The lowest BCUT2D eigenvalue weighted by Crippen LogP contribution is -2.44. The summed E-state index contributed by atoms with van der Waals surface area (Å²) in [6.07, 6.45) is -1.11. The van der Waals surface area contributed by atoms with Crippen molar-refractivity contribution < 1.29 is 18.0 Å². The van der Waals surface area contributed by atoms with Gasteiger partial charge in [0.05, 0.1) is 0 Å². The molecule has 0 aromatic carbocycles. The lowest BCUT2D eigenvalue weighted by Gasteiger charge is -2.28. The van der Waals surface area contributed by atoms with E-state index in [0.717, 1.165) is 19.3 Å². The fourth-order valence-corrected chi connectivity index (χ4v) is 3.63. The molecule has 1 aromatic rings. The third-order valence-corrected chi connectivity index (χ3v) is 5.01. The number of halogens is 3. The quantitative estimate of drug-likeness (QED) is 0.779. The average molecular weight is 374 g/mol. The van der Waals surface area contributed by atoms with Gasteiger partial charge < -0.3 is 10.2 Å². The summed E-state index contributed by atoms with van der Waals surface area (Å²) in [4.78, 5) is 14.4. The predicted octanol–water partition coefficient (Wildman–Crippen LogP) is 2.87. The Morgan fingerprint density at radius 2 is 1.88 bits per heavy atom. The van der Waals surface area contributed by atoms with Crippen molar-refractivity contribution in [2.75, 3.05) is 20.6 Å². The Kier molecular flexibility index (Phi) is 6.71. The molecular formula is C18H29F3N4O. The van der Waals surface area contributed by atoms with Crippen LogP contribution in [0.2, 0.25) is 0 Å². The molecule has 0 radical (unpaired) electrons. The van der Waals surface area contributed by atoms with Gasteiger partial charge in [0.25, 0.3) is 0 Å². The number of carbonyl (C=O) groups excluding carboxylic acids is 1. The Hall–Kier alpha value is -1.57. The molecule has 148 valence electrons. The van der Waals surface area contributed by atoms with E-state index in [2.05, 4.69) is 24.3 Å². The summed E-state index contributed by atoms with van der Waals surface area (Å²) in [5, 5.41) is 6.60. The largest absolute Gasteiger partial charge is 0.435 e. The number of amides is 1. The van der Waals surface area contributed by atoms with E-state index in [9.17, 15) is 18.0 Å². The van der Waals surface area contributed by atoms with Crippen molar-refractivity contribution in [1.29, 1.82) is 0 Å². The maximum absolute atomic E-state index is 13.3. The molecule has 2 rings (SSSR count). The molecule has 1 N–H and O–H groups in total. The Labute approximate surface area is 152 Å². The van der Waals surface area contributed by atoms with Crippen LogP contribution in [0.3, 0.4) is 0 Å². The standard InChI is InChI=1S/C18H29F3N4O/c1-12(2)15(24(3)4)10-22-16(26)11-25-14-9-7-5-6-8-13(14)17(23-25)18(19,20)21/h12,15H,5-11H2,1-4H3,(H,22,26)/t15-/m1/s1. The number of hydrogen-bond donors (Lipinski definition) is 1. The number of rotatable bonds is 6. The molecule has 0 spiro atoms. The van der Waals surface area contributed by atoms with Gasteiger partial charge in [0.15, 0.2) is 5.69 Å². The number of nitrogens with one attached hydrogen (secondary N) is 1. The minimum atomic E-state index is -4.48.